The largest absolute Gasteiger partial charge is 0.466 e. The molecule has 14 heavy (non-hydrogen) atoms. The fraction of sp³-hybridized carbons (Fsp3) is 0.583. The molecule has 0 amide bonds. The molecule has 80 valence electrons. The molecule has 0 rings (SSSR count). The van der Waals surface area contributed by atoms with Crippen molar-refractivity contribution in [3.63, 3.8) is 0 Å². The van der Waals surface area contributed by atoms with Crippen molar-refractivity contribution in [3.05, 3.63) is 24.3 Å². The van der Waals surface area contributed by atoms with E-state index in [1.54, 1.807) is 6.08 Å². The van der Waals surface area contributed by atoms with Crippen LogP contribution in [0.25, 0.3) is 0 Å². The number of hydrogen-bond donors (Lipinski definition) is 0. The average Bonchev–Trinajstić information content (AvgIpc) is 2.21. The second kappa shape index (κ2) is 10.0. The van der Waals surface area contributed by atoms with Crippen LogP contribution in [0.2, 0.25) is 0 Å². The molecule has 2 heteroatoms. The van der Waals surface area contributed by atoms with Crippen molar-refractivity contribution in [1.29, 1.82) is 0 Å². The molecule has 0 heterocycles. The minimum Gasteiger partial charge on any atom is -0.466 e. The van der Waals surface area contributed by atoms with E-state index >= 15 is 0 Å². The minimum absolute atomic E-state index is 0.305. The van der Waals surface area contributed by atoms with Crippen molar-refractivity contribution in [2.24, 2.45) is 0 Å². The number of allylic oxidation sites excluding steroid dienone is 3. The van der Waals surface area contributed by atoms with Gasteiger partial charge in [-0.1, -0.05) is 44.4 Å². The van der Waals surface area contributed by atoms with Crippen LogP contribution in [0.15, 0.2) is 24.3 Å². The summed E-state index contributed by atoms with van der Waals surface area (Å²) >= 11 is 0. The molecule has 0 bridgehead atoms. The predicted molar refractivity (Wildman–Crippen MR) is 59.1 cm³/mol. The Balaban J connectivity index is 3.35. The van der Waals surface area contributed by atoms with Crippen LogP contribution in [0.3, 0.4) is 0 Å². The Morgan fingerprint density at radius 1 is 1.21 bits per heavy atom. The first-order valence-electron chi connectivity index (χ1n) is 5.22. The first-order valence-corrected chi connectivity index (χ1v) is 5.22. The van der Waals surface area contributed by atoms with Crippen molar-refractivity contribution >= 4 is 5.97 Å². The van der Waals surface area contributed by atoms with Gasteiger partial charge in [-0.25, -0.2) is 4.79 Å². The van der Waals surface area contributed by atoms with Gasteiger partial charge >= 0.3 is 5.97 Å². The molecule has 0 aliphatic heterocycles. The van der Waals surface area contributed by atoms with Gasteiger partial charge < -0.3 is 4.74 Å². The number of unbranched alkanes of at least 4 members (excludes halogenated alkanes) is 4. The van der Waals surface area contributed by atoms with Gasteiger partial charge in [0.25, 0.3) is 0 Å². The minimum atomic E-state index is -0.305. The SMILES string of the molecule is CCCCCC/C=C/C=C/C(=O)OC. The summed E-state index contributed by atoms with van der Waals surface area (Å²) in [6.07, 6.45) is 13.3. The normalized spacial score (nSPS) is 11.3. The quantitative estimate of drug-likeness (QED) is 0.270. The smallest absolute Gasteiger partial charge is 0.330 e. The summed E-state index contributed by atoms with van der Waals surface area (Å²) in [6.45, 7) is 2.20. The van der Waals surface area contributed by atoms with Gasteiger partial charge in [-0.3, -0.25) is 0 Å². The molecule has 0 aliphatic rings. The summed E-state index contributed by atoms with van der Waals surface area (Å²) in [5.74, 6) is -0.305. The van der Waals surface area contributed by atoms with Gasteiger partial charge in [-0.2, -0.15) is 0 Å². The van der Waals surface area contributed by atoms with Crippen LogP contribution in [0, 0.1) is 0 Å². The third-order valence-electron chi connectivity index (χ3n) is 1.91. The number of hydrogen-bond acceptors (Lipinski definition) is 2. The van der Waals surface area contributed by atoms with Gasteiger partial charge in [0.2, 0.25) is 0 Å². The zero-order valence-electron chi connectivity index (χ0n) is 9.16. The third-order valence-corrected chi connectivity index (χ3v) is 1.91. The molecule has 2 nitrogen and oxygen atoms in total. The van der Waals surface area contributed by atoms with E-state index in [1.165, 1.54) is 38.9 Å². The van der Waals surface area contributed by atoms with E-state index in [2.05, 4.69) is 17.7 Å². The van der Waals surface area contributed by atoms with Crippen molar-refractivity contribution in [1.82, 2.24) is 0 Å². The second-order valence-electron chi connectivity index (χ2n) is 3.16. The molecule has 0 N–H and O–H groups in total. The molecule has 0 aromatic rings. The molecule has 0 aromatic heterocycles. The van der Waals surface area contributed by atoms with Crippen LogP contribution in [0.4, 0.5) is 0 Å². The van der Waals surface area contributed by atoms with Crippen LogP contribution < -0.4 is 0 Å². The van der Waals surface area contributed by atoms with Gasteiger partial charge in [0.05, 0.1) is 7.11 Å². The van der Waals surface area contributed by atoms with E-state index in [0.717, 1.165) is 6.42 Å². The summed E-state index contributed by atoms with van der Waals surface area (Å²) in [6, 6.07) is 0. The Kier molecular flexibility index (Phi) is 9.28. The summed E-state index contributed by atoms with van der Waals surface area (Å²) in [4.78, 5) is 10.6. The van der Waals surface area contributed by atoms with E-state index in [4.69, 9.17) is 0 Å². The van der Waals surface area contributed by atoms with E-state index < -0.39 is 0 Å². The molecule has 0 spiro atoms. The highest BCUT2D eigenvalue weighted by atomic mass is 16.5. The van der Waals surface area contributed by atoms with E-state index in [9.17, 15) is 4.79 Å². The van der Waals surface area contributed by atoms with Crippen LogP contribution in [-0.4, -0.2) is 13.1 Å². The van der Waals surface area contributed by atoms with Gasteiger partial charge in [0.15, 0.2) is 0 Å². The molecule has 0 radical (unpaired) electrons. The average molecular weight is 196 g/mol. The third kappa shape index (κ3) is 9.04. The molecule has 0 saturated heterocycles. The van der Waals surface area contributed by atoms with Gasteiger partial charge in [-0.15, -0.1) is 0 Å². The Morgan fingerprint density at radius 2 is 2.00 bits per heavy atom. The predicted octanol–water partition coefficient (Wildman–Crippen LogP) is 3.24. The molecule has 0 aliphatic carbocycles. The molecule has 0 saturated carbocycles. The zero-order chi connectivity index (χ0) is 10.6. The topological polar surface area (TPSA) is 26.3 Å². The molecule has 0 aromatic carbocycles. The van der Waals surface area contributed by atoms with Crippen LogP contribution in [-0.2, 0) is 9.53 Å². The monoisotopic (exact) mass is 196 g/mol. The number of carbonyl (C=O) groups is 1. The maximum Gasteiger partial charge on any atom is 0.330 e. The van der Waals surface area contributed by atoms with Crippen molar-refractivity contribution < 1.29 is 9.53 Å². The van der Waals surface area contributed by atoms with E-state index in [0.29, 0.717) is 0 Å². The highest BCUT2D eigenvalue weighted by Crippen LogP contribution is 2.02. The lowest BCUT2D eigenvalue weighted by Crippen LogP contribution is -1.92. The Bertz CT molecular complexity index is 192. The molecular weight excluding hydrogens is 176 g/mol. The molecule has 0 fully saturated rings. The zero-order valence-corrected chi connectivity index (χ0v) is 9.16. The Labute approximate surface area is 86.6 Å². The van der Waals surface area contributed by atoms with Crippen LogP contribution in [0.1, 0.15) is 39.0 Å². The Hall–Kier alpha value is -1.05. The number of esters is 1. The fourth-order valence-corrected chi connectivity index (χ4v) is 1.07. The first kappa shape index (κ1) is 12.9. The first-order chi connectivity index (χ1) is 6.81. The maximum atomic E-state index is 10.6. The van der Waals surface area contributed by atoms with Crippen molar-refractivity contribution in [3.8, 4) is 0 Å². The lowest BCUT2D eigenvalue weighted by molar-refractivity contribution is -0.134. The number of rotatable bonds is 7. The summed E-state index contributed by atoms with van der Waals surface area (Å²) in [7, 11) is 1.38. The van der Waals surface area contributed by atoms with Crippen LogP contribution in [0.5, 0.6) is 0 Å². The molecule has 0 atom stereocenters. The fourth-order valence-electron chi connectivity index (χ4n) is 1.07. The lowest BCUT2D eigenvalue weighted by atomic mass is 10.1. The summed E-state index contributed by atoms with van der Waals surface area (Å²) in [5.41, 5.74) is 0. The van der Waals surface area contributed by atoms with Crippen molar-refractivity contribution in [2.75, 3.05) is 7.11 Å². The maximum absolute atomic E-state index is 10.6. The second-order valence-corrected chi connectivity index (χ2v) is 3.16. The van der Waals surface area contributed by atoms with Gasteiger partial charge in [0, 0.05) is 6.08 Å². The number of ether oxygens (including phenoxy) is 1. The van der Waals surface area contributed by atoms with E-state index in [-0.39, 0.29) is 5.97 Å². The highest BCUT2D eigenvalue weighted by molar-refractivity contribution is 5.82. The lowest BCUT2D eigenvalue weighted by Gasteiger charge is -1.92. The standard InChI is InChI=1S/C12H20O2/c1-3-4-5-6-7-8-9-10-11-12(13)14-2/h8-11H,3-7H2,1-2H3/b9-8+,11-10+. The Morgan fingerprint density at radius 3 is 2.64 bits per heavy atom. The summed E-state index contributed by atoms with van der Waals surface area (Å²) < 4.78 is 4.45. The summed E-state index contributed by atoms with van der Waals surface area (Å²) in [5, 5.41) is 0. The van der Waals surface area contributed by atoms with Gasteiger partial charge in [-0.05, 0) is 12.8 Å². The number of carbonyl (C=O) groups excluding carboxylic acids is 1. The number of methoxy groups -OCH3 is 1. The van der Waals surface area contributed by atoms with Crippen molar-refractivity contribution in [2.45, 2.75) is 39.0 Å². The van der Waals surface area contributed by atoms with Crippen LogP contribution >= 0.6 is 0 Å². The molecular formula is C12H20O2. The highest BCUT2D eigenvalue weighted by Gasteiger charge is 1.86. The van der Waals surface area contributed by atoms with E-state index in [1.807, 2.05) is 6.08 Å². The van der Waals surface area contributed by atoms with Gasteiger partial charge in [0.1, 0.15) is 0 Å². The molecule has 0 unspecified atom stereocenters.